The number of hydrogen-bond donors (Lipinski definition) is 2. The minimum absolute atomic E-state index is 0.130. The highest BCUT2D eigenvalue weighted by atomic mass is 14.8. The Morgan fingerprint density at radius 2 is 2.57 bits per heavy atom. The van der Waals surface area contributed by atoms with E-state index in [1.165, 1.54) is 0 Å². The molecule has 7 heavy (non-hydrogen) atoms. The molecule has 2 heteroatoms. The molecule has 2 nitrogen and oxygen atoms in total. The van der Waals surface area contributed by atoms with Crippen molar-refractivity contribution in [2.24, 2.45) is 11.5 Å². The van der Waals surface area contributed by atoms with Gasteiger partial charge in [-0.25, -0.2) is 0 Å². The highest BCUT2D eigenvalue weighted by Crippen LogP contribution is 1.91. The second kappa shape index (κ2) is 4.09. The Bertz CT molecular complexity index is 49.7. The van der Waals surface area contributed by atoms with Crippen molar-refractivity contribution in [3.63, 3.8) is 0 Å². The maximum atomic E-state index is 6.61. The topological polar surface area (TPSA) is 52.0 Å². The third kappa shape index (κ3) is 5.92. The second-order valence-electron chi connectivity index (χ2n) is 1.75. The van der Waals surface area contributed by atoms with Crippen LogP contribution in [0.5, 0.6) is 0 Å². The summed E-state index contributed by atoms with van der Waals surface area (Å²) in [4.78, 5) is 0. The first kappa shape index (κ1) is 5.06. The van der Waals surface area contributed by atoms with Crippen LogP contribution in [0.25, 0.3) is 0 Å². The van der Waals surface area contributed by atoms with Crippen LogP contribution in [-0.4, -0.2) is 6.17 Å². The minimum Gasteiger partial charge on any atom is -0.316 e. The van der Waals surface area contributed by atoms with Gasteiger partial charge in [0, 0.05) is 0 Å². The van der Waals surface area contributed by atoms with Crippen LogP contribution < -0.4 is 11.5 Å². The van der Waals surface area contributed by atoms with Crippen molar-refractivity contribution in [1.29, 1.82) is 0 Å². The molecule has 0 amide bonds. The quantitative estimate of drug-likeness (QED) is 0.507. The molecule has 0 bridgehead atoms. The third-order valence-electron chi connectivity index (χ3n) is 0.869. The summed E-state index contributed by atoms with van der Waals surface area (Å²) in [7, 11) is 0. The van der Waals surface area contributed by atoms with Crippen molar-refractivity contribution >= 4 is 0 Å². The Kier molecular flexibility index (Phi) is 2.96. The van der Waals surface area contributed by atoms with Crippen molar-refractivity contribution in [1.82, 2.24) is 0 Å². The Morgan fingerprint density at radius 3 is 3.00 bits per heavy atom. The van der Waals surface area contributed by atoms with E-state index in [1.807, 2.05) is 0 Å². The largest absolute Gasteiger partial charge is 0.316 e. The molecule has 0 aliphatic carbocycles. The molecule has 0 aromatic rings. The lowest BCUT2D eigenvalue weighted by Gasteiger charge is -2.00. The molecule has 44 valence electrons. The summed E-state index contributed by atoms with van der Waals surface area (Å²) in [6.07, 6.45) is 3.03. The summed E-state index contributed by atoms with van der Waals surface area (Å²) in [6.45, 7) is 2.11. The molecule has 4 N–H and O–H groups in total. The molecule has 0 aromatic heterocycles. The normalized spacial score (nSPS) is 16.0. The molecule has 0 aliphatic rings. The van der Waals surface area contributed by atoms with Crippen molar-refractivity contribution in [2.45, 2.75) is 32.4 Å². The zero-order valence-corrected chi connectivity index (χ0v) is 4.78. The maximum Gasteiger partial charge on any atom is 0.120 e. The monoisotopic (exact) mass is 103 g/mol. The first-order valence-electron chi connectivity index (χ1n) is 3.24. The van der Waals surface area contributed by atoms with Gasteiger partial charge in [0.15, 0.2) is 0 Å². The van der Waals surface area contributed by atoms with E-state index in [0.29, 0.717) is 0 Å². The van der Waals surface area contributed by atoms with Crippen molar-refractivity contribution in [3.05, 3.63) is 0 Å². The second-order valence-corrected chi connectivity index (χ2v) is 1.75. The van der Waals surface area contributed by atoms with E-state index in [9.17, 15) is 0 Å². The van der Waals surface area contributed by atoms with Gasteiger partial charge in [-0.15, -0.1) is 0 Å². The smallest absolute Gasteiger partial charge is 0.120 e. The van der Waals surface area contributed by atoms with Gasteiger partial charge in [0.05, 0.1) is 6.17 Å². The van der Waals surface area contributed by atoms with Crippen molar-refractivity contribution in [2.75, 3.05) is 0 Å². The predicted octanol–water partition coefficient (Wildman–Crippen LogP) is 0.420. The van der Waals surface area contributed by atoms with Crippen LogP contribution in [0.4, 0.5) is 0 Å². The summed E-state index contributed by atoms with van der Waals surface area (Å²) in [5, 5.41) is 0. The molecule has 1 unspecified atom stereocenters. The fourth-order valence-electron chi connectivity index (χ4n) is 0.424. The first-order valence-corrected chi connectivity index (χ1v) is 2.74. The minimum atomic E-state index is -0.130. The van der Waals surface area contributed by atoms with Crippen LogP contribution in [-0.2, 0) is 0 Å². The zero-order chi connectivity index (χ0) is 6.41. The number of nitrogens with two attached hydrogens (primary N) is 2. The highest BCUT2D eigenvalue weighted by molar-refractivity contribution is 4.48. The summed E-state index contributed by atoms with van der Waals surface area (Å²) in [5.41, 5.74) is 7.59. The average molecular weight is 103 g/mol. The van der Waals surface area contributed by atoms with E-state index >= 15 is 0 Å². The molecular formula is C5H14N2. The summed E-state index contributed by atoms with van der Waals surface area (Å²) >= 11 is 0. The standard InChI is InChI=1S/C5H14N2/c1-2-3-4-5(6)7/h5H,2-4,6-7H2,1H3/i/hD. The fourth-order valence-corrected chi connectivity index (χ4v) is 0.424. The number of hydrogen-bond acceptors (Lipinski definition) is 2. The zero-order valence-electron chi connectivity index (χ0n) is 5.78. The Morgan fingerprint density at radius 1 is 1.86 bits per heavy atom. The van der Waals surface area contributed by atoms with Crippen LogP contribution >= 0.6 is 0 Å². The molecule has 0 aromatic carbocycles. The molecular weight excluding hydrogens is 88.1 g/mol. The lowest BCUT2D eigenvalue weighted by Crippen LogP contribution is -2.29. The molecule has 0 radical (unpaired) electrons. The van der Waals surface area contributed by atoms with Gasteiger partial charge < -0.3 is 11.5 Å². The van der Waals surface area contributed by atoms with Gasteiger partial charge in [0.2, 0.25) is 0 Å². The molecule has 0 aliphatic heterocycles. The van der Waals surface area contributed by atoms with E-state index < -0.39 is 0 Å². The van der Waals surface area contributed by atoms with E-state index in [4.69, 9.17) is 7.15 Å². The lowest BCUT2D eigenvalue weighted by molar-refractivity contribution is 0.595. The molecule has 0 saturated heterocycles. The lowest BCUT2D eigenvalue weighted by atomic mass is 10.2. The van der Waals surface area contributed by atoms with Gasteiger partial charge in [0.25, 0.3) is 0 Å². The maximum absolute atomic E-state index is 6.61. The van der Waals surface area contributed by atoms with Gasteiger partial charge >= 0.3 is 0 Å². The van der Waals surface area contributed by atoms with Crippen molar-refractivity contribution < 1.29 is 1.41 Å². The first-order chi connectivity index (χ1) is 3.81. The highest BCUT2D eigenvalue weighted by Gasteiger charge is 1.88. The Labute approximate surface area is 46.3 Å². The van der Waals surface area contributed by atoms with Gasteiger partial charge in [-0.05, 0) is 6.42 Å². The van der Waals surface area contributed by atoms with Gasteiger partial charge in [0.1, 0.15) is 1.41 Å². The van der Waals surface area contributed by atoms with E-state index in [2.05, 4.69) is 12.7 Å². The Balaban J connectivity index is 2.86. The number of rotatable bonds is 4. The van der Waals surface area contributed by atoms with E-state index in [1.54, 1.807) is 0 Å². The van der Waals surface area contributed by atoms with Gasteiger partial charge in [-0.1, -0.05) is 19.8 Å². The summed E-state index contributed by atoms with van der Waals surface area (Å²) in [5.74, 6) is 0. The van der Waals surface area contributed by atoms with Crippen molar-refractivity contribution in [3.8, 4) is 0 Å². The van der Waals surface area contributed by atoms with Crippen LogP contribution in [0.3, 0.4) is 0 Å². The van der Waals surface area contributed by atoms with Crippen LogP contribution in [0.2, 0.25) is 1.41 Å². The molecule has 0 saturated carbocycles. The van der Waals surface area contributed by atoms with Crippen LogP contribution in [0.15, 0.2) is 0 Å². The predicted molar refractivity (Wildman–Crippen MR) is 31.7 cm³/mol. The van der Waals surface area contributed by atoms with E-state index in [0.717, 1.165) is 19.3 Å². The number of unbranched alkanes of at least 4 members (excludes halogenated alkanes) is 1. The van der Waals surface area contributed by atoms with Gasteiger partial charge in [-0.3, -0.25) is 0 Å². The fraction of sp³-hybridized carbons (Fsp3) is 1.00. The SMILES string of the molecule is [2H]NC(N)CCCC. The summed E-state index contributed by atoms with van der Waals surface area (Å²) < 4.78 is 6.61. The summed E-state index contributed by atoms with van der Waals surface area (Å²) in [6, 6.07) is 0. The molecule has 0 rings (SSSR count). The average Bonchev–Trinajstić information content (AvgIpc) is 1.83. The molecule has 0 fully saturated rings. The van der Waals surface area contributed by atoms with Gasteiger partial charge in [-0.2, -0.15) is 0 Å². The third-order valence-corrected chi connectivity index (χ3v) is 0.869. The van der Waals surface area contributed by atoms with Crippen LogP contribution in [0, 0.1) is 0 Å². The molecule has 0 spiro atoms. The van der Waals surface area contributed by atoms with E-state index in [-0.39, 0.29) is 6.17 Å². The molecule has 0 heterocycles. The Hall–Kier alpha value is -0.0800. The molecule has 1 atom stereocenters. The van der Waals surface area contributed by atoms with Crippen LogP contribution in [0.1, 0.15) is 26.2 Å².